The number of halogens is 1. The minimum absolute atomic E-state index is 0.0937. The number of hydrogen-bond acceptors (Lipinski definition) is 6. The van der Waals surface area contributed by atoms with Crippen LogP contribution in [0.4, 0.5) is 4.39 Å². The van der Waals surface area contributed by atoms with Crippen LogP contribution in [0.2, 0.25) is 0 Å². The van der Waals surface area contributed by atoms with Gasteiger partial charge < -0.3 is 14.8 Å². The first-order chi connectivity index (χ1) is 15.0. The number of esters is 1. The Morgan fingerprint density at radius 3 is 2.61 bits per heavy atom. The van der Waals surface area contributed by atoms with E-state index in [1.54, 1.807) is 22.9 Å². The molecule has 1 aromatic carbocycles. The molecular formula is C23H27FN4O3. The van der Waals surface area contributed by atoms with Crippen LogP contribution < -0.4 is 10.1 Å². The molecule has 0 saturated carbocycles. The molecule has 0 atom stereocenters. The molecule has 3 aromatic rings. The molecule has 0 spiro atoms. The van der Waals surface area contributed by atoms with Crippen LogP contribution in [0.3, 0.4) is 0 Å². The van der Waals surface area contributed by atoms with E-state index >= 15 is 0 Å². The topological polar surface area (TPSA) is 78.3 Å². The van der Waals surface area contributed by atoms with Crippen LogP contribution in [0.1, 0.15) is 48.8 Å². The first-order valence-electron chi connectivity index (χ1n) is 10.6. The number of aromatic nitrogens is 3. The molecule has 1 fully saturated rings. The minimum atomic E-state index is -0.549. The summed E-state index contributed by atoms with van der Waals surface area (Å²) in [6.07, 6.45) is 2.09. The summed E-state index contributed by atoms with van der Waals surface area (Å²) >= 11 is 0. The van der Waals surface area contributed by atoms with Crippen LogP contribution in [0, 0.1) is 11.7 Å². The van der Waals surface area contributed by atoms with Gasteiger partial charge in [0.2, 0.25) is 0 Å². The molecule has 4 rings (SSSR count). The van der Waals surface area contributed by atoms with Gasteiger partial charge in [0.1, 0.15) is 11.6 Å². The van der Waals surface area contributed by atoms with Gasteiger partial charge in [-0.25, -0.2) is 18.9 Å². The predicted octanol–water partition coefficient (Wildman–Crippen LogP) is 3.85. The van der Waals surface area contributed by atoms with E-state index in [1.807, 2.05) is 13.8 Å². The van der Waals surface area contributed by atoms with E-state index in [4.69, 9.17) is 14.6 Å². The first kappa shape index (κ1) is 21.2. The molecule has 3 heterocycles. The van der Waals surface area contributed by atoms with Gasteiger partial charge in [0.25, 0.3) is 0 Å². The lowest BCUT2D eigenvalue weighted by molar-refractivity contribution is 0.0593. The number of pyridine rings is 1. The molecule has 1 aliphatic rings. The number of hydrogen-bond donors (Lipinski definition) is 1. The van der Waals surface area contributed by atoms with Crippen LogP contribution in [-0.4, -0.2) is 47.5 Å². The van der Waals surface area contributed by atoms with Crippen LogP contribution in [-0.2, 0) is 4.74 Å². The van der Waals surface area contributed by atoms with Gasteiger partial charge in [0.05, 0.1) is 30.5 Å². The number of rotatable bonds is 6. The zero-order chi connectivity index (χ0) is 22.0. The van der Waals surface area contributed by atoms with Gasteiger partial charge in [-0.3, -0.25) is 0 Å². The number of nitrogens with zero attached hydrogens (tertiary/aromatic N) is 3. The molecule has 164 valence electrons. The number of piperidine rings is 1. The molecule has 1 saturated heterocycles. The quantitative estimate of drug-likeness (QED) is 0.604. The Kier molecular flexibility index (Phi) is 6.18. The number of fused-ring (bicyclic) bond motifs is 1. The minimum Gasteiger partial charge on any atom is -0.492 e. The van der Waals surface area contributed by atoms with E-state index in [0.29, 0.717) is 29.6 Å². The molecule has 31 heavy (non-hydrogen) atoms. The number of carbonyl (C=O) groups excluding carboxylic acids is 1. The van der Waals surface area contributed by atoms with Crippen molar-refractivity contribution in [3.63, 3.8) is 0 Å². The fraction of sp³-hybridized carbons (Fsp3) is 0.435. The summed E-state index contributed by atoms with van der Waals surface area (Å²) < 4.78 is 26.3. The molecular weight excluding hydrogens is 399 g/mol. The number of methoxy groups -OCH3 is 1. The summed E-state index contributed by atoms with van der Waals surface area (Å²) in [5, 5.41) is 8.88. The predicted molar refractivity (Wildman–Crippen MR) is 115 cm³/mol. The molecule has 0 amide bonds. The maximum atomic E-state index is 13.5. The van der Waals surface area contributed by atoms with Gasteiger partial charge in [-0.05, 0) is 62.0 Å². The average Bonchev–Trinajstić information content (AvgIpc) is 3.18. The normalized spacial score (nSPS) is 14.9. The van der Waals surface area contributed by atoms with Crippen LogP contribution >= 0.6 is 0 Å². The zero-order valence-corrected chi connectivity index (χ0v) is 18.0. The largest absolute Gasteiger partial charge is 0.492 e. The molecule has 0 unspecified atom stereocenters. The summed E-state index contributed by atoms with van der Waals surface area (Å²) in [6, 6.07) is 7.65. The zero-order valence-electron chi connectivity index (χ0n) is 18.0. The van der Waals surface area contributed by atoms with Gasteiger partial charge in [0, 0.05) is 6.07 Å². The molecule has 2 aromatic heterocycles. The smallest absolute Gasteiger partial charge is 0.356 e. The summed E-state index contributed by atoms with van der Waals surface area (Å²) in [4.78, 5) is 16.9. The molecule has 1 N–H and O–H groups in total. The van der Waals surface area contributed by atoms with Gasteiger partial charge in [0.15, 0.2) is 11.3 Å². The van der Waals surface area contributed by atoms with E-state index in [9.17, 15) is 9.18 Å². The average molecular weight is 426 g/mol. The second kappa shape index (κ2) is 9.01. The summed E-state index contributed by atoms with van der Waals surface area (Å²) in [5.74, 6) is 0.225. The van der Waals surface area contributed by atoms with Gasteiger partial charge in [-0.1, -0.05) is 13.8 Å². The molecule has 1 aliphatic heterocycles. The van der Waals surface area contributed by atoms with E-state index in [2.05, 4.69) is 10.3 Å². The Morgan fingerprint density at radius 1 is 1.26 bits per heavy atom. The summed E-state index contributed by atoms with van der Waals surface area (Å²) in [5.41, 5.74) is 2.09. The van der Waals surface area contributed by atoms with Crippen molar-refractivity contribution in [1.29, 1.82) is 0 Å². The second-order valence-corrected chi connectivity index (χ2v) is 8.13. The molecule has 0 bridgehead atoms. The van der Waals surface area contributed by atoms with Crippen molar-refractivity contribution >= 4 is 17.0 Å². The molecule has 0 radical (unpaired) electrons. The van der Waals surface area contributed by atoms with E-state index in [-0.39, 0.29) is 17.4 Å². The lowest BCUT2D eigenvalue weighted by atomic mass is 9.99. The first-order valence-corrected chi connectivity index (χ1v) is 10.6. The second-order valence-electron chi connectivity index (χ2n) is 8.13. The standard InChI is InChI=1S/C23H27FN4O3/c1-14(2)21-20-19(31-13-15-8-10-25-11-9-15)12-18(23(29)30-3)26-22(20)28(27-21)17-6-4-16(24)5-7-17/h4-7,12,14-15,25H,8-11,13H2,1-3H3. The number of nitrogens with one attached hydrogen (secondary N) is 1. The Labute approximate surface area is 180 Å². The number of ether oxygens (including phenoxy) is 2. The maximum Gasteiger partial charge on any atom is 0.356 e. The highest BCUT2D eigenvalue weighted by Gasteiger charge is 2.24. The van der Waals surface area contributed by atoms with Crippen molar-refractivity contribution in [1.82, 2.24) is 20.1 Å². The van der Waals surface area contributed by atoms with E-state index in [0.717, 1.165) is 37.0 Å². The summed E-state index contributed by atoms with van der Waals surface area (Å²) in [6.45, 7) is 6.60. The van der Waals surface area contributed by atoms with Crippen LogP contribution in [0.5, 0.6) is 5.75 Å². The Balaban J connectivity index is 1.85. The number of benzene rings is 1. The Morgan fingerprint density at radius 2 is 1.97 bits per heavy atom. The van der Waals surface area contributed by atoms with Gasteiger partial charge in [-0.15, -0.1) is 0 Å². The van der Waals surface area contributed by atoms with Crippen molar-refractivity contribution in [2.24, 2.45) is 5.92 Å². The fourth-order valence-electron chi connectivity index (χ4n) is 3.85. The van der Waals surface area contributed by atoms with Crippen LogP contribution in [0.15, 0.2) is 30.3 Å². The van der Waals surface area contributed by atoms with Gasteiger partial charge >= 0.3 is 5.97 Å². The molecule has 7 nitrogen and oxygen atoms in total. The van der Waals surface area contributed by atoms with Crippen molar-refractivity contribution in [3.05, 3.63) is 47.5 Å². The molecule has 0 aliphatic carbocycles. The lowest BCUT2D eigenvalue weighted by Crippen LogP contribution is -2.30. The molecule has 8 heteroatoms. The Bertz CT molecular complexity index is 1070. The highest BCUT2D eigenvalue weighted by molar-refractivity contribution is 5.94. The van der Waals surface area contributed by atoms with Crippen molar-refractivity contribution in [3.8, 4) is 11.4 Å². The van der Waals surface area contributed by atoms with Crippen molar-refractivity contribution < 1.29 is 18.7 Å². The van der Waals surface area contributed by atoms with E-state index in [1.165, 1.54) is 19.2 Å². The van der Waals surface area contributed by atoms with Crippen molar-refractivity contribution in [2.75, 3.05) is 26.8 Å². The SMILES string of the molecule is COC(=O)c1cc(OCC2CCNCC2)c2c(C(C)C)nn(-c3ccc(F)cc3)c2n1. The van der Waals surface area contributed by atoms with Crippen LogP contribution in [0.25, 0.3) is 16.7 Å². The Hall–Kier alpha value is -3.00. The van der Waals surface area contributed by atoms with Gasteiger partial charge in [-0.2, -0.15) is 5.10 Å². The van der Waals surface area contributed by atoms with E-state index < -0.39 is 5.97 Å². The third kappa shape index (κ3) is 4.39. The highest BCUT2D eigenvalue weighted by Crippen LogP contribution is 2.35. The van der Waals surface area contributed by atoms with Crippen molar-refractivity contribution in [2.45, 2.75) is 32.6 Å². The monoisotopic (exact) mass is 426 g/mol. The third-order valence-corrected chi connectivity index (χ3v) is 5.57. The summed E-state index contributed by atoms with van der Waals surface area (Å²) in [7, 11) is 1.32. The number of carbonyl (C=O) groups is 1. The third-order valence-electron chi connectivity index (χ3n) is 5.57. The maximum absolute atomic E-state index is 13.5. The fourth-order valence-corrected chi connectivity index (χ4v) is 3.85. The lowest BCUT2D eigenvalue weighted by Gasteiger charge is -2.23. The highest BCUT2D eigenvalue weighted by atomic mass is 19.1.